The van der Waals surface area contributed by atoms with E-state index in [-0.39, 0.29) is 36.2 Å². The standard InChI is InChI=1S/C31H43N3O4/c1-19(2)32-28(35)27(24-16-12-13-20(3)22(24)5)34(26-17-21(26)4)29(36)25(18-23-14-10-9-11-15-23)33-30(37)38-31(6,7)8/h9-16,19,21,25-27H,17-18H2,1-8H3,(H,32,35)(H,33,37). The van der Waals surface area contributed by atoms with E-state index in [4.69, 9.17) is 4.74 Å². The number of hydrogen-bond donors (Lipinski definition) is 2. The number of carbonyl (C=O) groups is 3. The largest absolute Gasteiger partial charge is 0.444 e. The Hall–Kier alpha value is -3.35. The molecule has 0 aliphatic heterocycles. The Bertz CT molecular complexity index is 1140. The number of ether oxygens (including phenoxy) is 1. The third kappa shape index (κ3) is 7.59. The number of rotatable bonds is 9. The molecule has 0 bridgehead atoms. The average molecular weight is 522 g/mol. The molecule has 7 nitrogen and oxygen atoms in total. The van der Waals surface area contributed by atoms with Crippen LogP contribution in [0.2, 0.25) is 0 Å². The molecular formula is C31H43N3O4. The van der Waals surface area contributed by atoms with E-state index in [2.05, 4.69) is 17.6 Å². The van der Waals surface area contributed by atoms with Gasteiger partial charge in [-0.15, -0.1) is 0 Å². The molecule has 3 amide bonds. The molecule has 0 spiro atoms. The summed E-state index contributed by atoms with van der Waals surface area (Å²) in [6.07, 6.45) is 0.416. The Balaban J connectivity index is 2.07. The molecule has 1 aliphatic carbocycles. The summed E-state index contributed by atoms with van der Waals surface area (Å²) in [5, 5.41) is 5.86. The van der Waals surface area contributed by atoms with E-state index in [1.165, 1.54) is 0 Å². The Morgan fingerprint density at radius 3 is 2.18 bits per heavy atom. The maximum absolute atomic E-state index is 14.5. The van der Waals surface area contributed by atoms with Crippen LogP contribution in [0.15, 0.2) is 48.5 Å². The highest BCUT2D eigenvalue weighted by molar-refractivity contribution is 5.93. The molecule has 38 heavy (non-hydrogen) atoms. The van der Waals surface area contributed by atoms with Crippen molar-refractivity contribution in [1.82, 2.24) is 15.5 Å². The van der Waals surface area contributed by atoms with E-state index < -0.39 is 23.8 Å². The normalized spacial score (nSPS) is 18.3. The van der Waals surface area contributed by atoms with Gasteiger partial charge in [0.05, 0.1) is 0 Å². The third-order valence-corrected chi connectivity index (χ3v) is 6.85. The molecule has 0 saturated heterocycles. The van der Waals surface area contributed by atoms with Crippen LogP contribution in [0.4, 0.5) is 4.79 Å². The molecule has 1 aliphatic rings. The predicted octanol–water partition coefficient (Wildman–Crippen LogP) is 5.24. The minimum absolute atomic E-state index is 0.0938. The molecule has 206 valence electrons. The van der Waals surface area contributed by atoms with E-state index in [9.17, 15) is 14.4 Å². The number of benzene rings is 2. The molecular weight excluding hydrogens is 478 g/mol. The van der Waals surface area contributed by atoms with Gasteiger partial charge in [0, 0.05) is 18.5 Å². The van der Waals surface area contributed by atoms with Crippen molar-refractivity contribution in [1.29, 1.82) is 0 Å². The second kappa shape index (κ2) is 12.0. The molecule has 2 aromatic rings. The minimum Gasteiger partial charge on any atom is -0.444 e. The number of aryl methyl sites for hydroxylation is 1. The first kappa shape index (κ1) is 29.2. The van der Waals surface area contributed by atoms with Crippen LogP contribution in [0.25, 0.3) is 0 Å². The van der Waals surface area contributed by atoms with Gasteiger partial charge in [-0.05, 0) is 83.1 Å². The summed E-state index contributed by atoms with van der Waals surface area (Å²) in [6, 6.07) is 13.5. The highest BCUT2D eigenvalue weighted by Gasteiger charge is 2.48. The zero-order valence-corrected chi connectivity index (χ0v) is 24.0. The van der Waals surface area contributed by atoms with Crippen LogP contribution in [0.1, 0.15) is 76.3 Å². The van der Waals surface area contributed by atoms with Gasteiger partial charge in [-0.25, -0.2) is 4.79 Å². The van der Waals surface area contributed by atoms with Crippen LogP contribution in [-0.2, 0) is 20.7 Å². The smallest absolute Gasteiger partial charge is 0.408 e. The molecule has 2 N–H and O–H groups in total. The van der Waals surface area contributed by atoms with E-state index in [0.717, 1.165) is 28.7 Å². The van der Waals surface area contributed by atoms with Gasteiger partial charge in [0.1, 0.15) is 17.7 Å². The first-order valence-electron chi connectivity index (χ1n) is 13.5. The second-order valence-electron chi connectivity index (χ2n) is 11.8. The van der Waals surface area contributed by atoms with Crippen LogP contribution < -0.4 is 10.6 Å². The van der Waals surface area contributed by atoms with E-state index in [1.807, 2.05) is 76.2 Å². The predicted molar refractivity (Wildman–Crippen MR) is 150 cm³/mol. The molecule has 4 unspecified atom stereocenters. The van der Waals surface area contributed by atoms with Gasteiger partial charge >= 0.3 is 6.09 Å². The summed E-state index contributed by atoms with van der Waals surface area (Å²) in [6.45, 7) is 15.2. The molecule has 0 heterocycles. The summed E-state index contributed by atoms with van der Waals surface area (Å²) in [7, 11) is 0. The highest BCUT2D eigenvalue weighted by Crippen LogP contribution is 2.41. The van der Waals surface area contributed by atoms with Crippen LogP contribution in [0, 0.1) is 19.8 Å². The van der Waals surface area contributed by atoms with E-state index in [0.29, 0.717) is 0 Å². The van der Waals surface area contributed by atoms with Gasteiger partial charge in [0.25, 0.3) is 0 Å². The SMILES string of the molecule is Cc1cccc(C(C(=O)NC(C)C)N(C(=O)C(Cc2ccccc2)NC(=O)OC(C)(C)C)C2CC2C)c1C. The number of hydrogen-bond acceptors (Lipinski definition) is 4. The summed E-state index contributed by atoms with van der Waals surface area (Å²) < 4.78 is 5.51. The number of nitrogens with zero attached hydrogens (tertiary/aromatic N) is 1. The molecule has 2 aromatic carbocycles. The van der Waals surface area contributed by atoms with Crippen molar-refractivity contribution in [2.75, 3.05) is 0 Å². The van der Waals surface area contributed by atoms with Crippen molar-refractivity contribution in [2.24, 2.45) is 5.92 Å². The Morgan fingerprint density at radius 1 is 1.00 bits per heavy atom. The van der Waals surface area contributed by atoms with Crippen molar-refractivity contribution >= 4 is 17.9 Å². The number of nitrogens with one attached hydrogen (secondary N) is 2. The Labute approximate surface area is 227 Å². The quantitative estimate of drug-likeness (QED) is 0.472. The van der Waals surface area contributed by atoms with Crippen molar-refractivity contribution < 1.29 is 19.1 Å². The van der Waals surface area contributed by atoms with Gasteiger partial charge in [-0.3, -0.25) is 9.59 Å². The summed E-state index contributed by atoms with van der Waals surface area (Å²) in [4.78, 5) is 42.8. The maximum Gasteiger partial charge on any atom is 0.408 e. The summed E-state index contributed by atoms with van der Waals surface area (Å²) in [5.74, 6) is -0.270. The van der Waals surface area contributed by atoms with Crippen LogP contribution in [0.5, 0.6) is 0 Å². The lowest BCUT2D eigenvalue weighted by Gasteiger charge is -2.36. The summed E-state index contributed by atoms with van der Waals surface area (Å²) >= 11 is 0. The molecule has 4 atom stereocenters. The molecule has 0 aromatic heterocycles. The second-order valence-corrected chi connectivity index (χ2v) is 11.8. The van der Waals surface area contributed by atoms with Crippen molar-refractivity contribution in [3.05, 3.63) is 70.8 Å². The van der Waals surface area contributed by atoms with Crippen molar-refractivity contribution in [3.63, 3.8) is 0 Å². The fourth-order valence-electron chi connectivity index (χ4n) is 4.70. The van der Waals surface area contributed by atoms with E-state index >= 15 is 0 Å². The monoisotopic (exact) mass is 521 g/mol. The highest BCUT2D eigenvalue weighted by atomic mass is 16.6. The zero-order valence-electron chi connectivity index (χ0n) is 24.0. The first-order chi connectivity index (χ1) is 17.8. The lowest BCUT2D eigenvalue weighted by molar-refractivity contribution is -0.143. The molecule has 7 heteroatoms. The molecule has 1 saturated carbocycles. The average Bonchev–Trinajstić information content (AvgIpc) is 3.53. The molecule has 3 rings (SSSR count). The minimum atomic E-state index is -0.903. The molecule has 1 fully saturated rings. The van der Waals surface area contributed by atoms with Gasteiger partial charge in [-0.2, -0.15) is 0 Å². The lowest BCUT2D eigenvalue weighted by atomic mass is 9.94. The Kier molecular flexibility index (Phi) is 9.23. The van der Waals surface area contributed by atoms with Crippen molar-refractivity contribution in [2.45, 2.75) is 98.0 Å². The van der Waals surface area contributed by atoms with Crippen molar-refractivity contribution in [3.8, 4) is 0 Å². The zero-order chi connectivity index (χ0) is 28.2. The van der Waals surface area contributed by atoms with Crippen LogP contribution >= 0.6 is 0 Å². The topological polar surface area (TPSA) is 87.7 Å². The van der Waals surface area contributed by atoms with Gasteiger partial charge in [0.15, 0.2) is 0 Å². The third-order valence-electron chi connectivity index (χ3n) is 6.85. The van der Waals surface area contributed by atoms with Gasteiger partial charge in [-0.1, -0.05) is 55.5 Å². The molecule has 0 radical (unpaired) electrons. The van der Waals surface area contributed by atoms with Crippen LogP contribution in [-0.4, -0.2) is 46.5 Å². The fraction of sp³-hybridized carbons (Fsp3) is 0.516. The fourth-order valence-corrected chi connectivity index (χ4v) is 4.70. The summed E-state index contributed by atoms with van der Waals surface area (Å²) in [5.41, 5.74) is 3.01. The first-order valence-corrected chi connectivity index (χ1v) is 13.5. The van der Waals surface area contributed by atoms with E-state index in [1.54, 1.807) is 25.7 Å². The lowest BCUT2D eigenvalue weighted by Crippen LogP contribution is -2.55. The number of alkyl carbamates (subject to hydrolysis) is 1. The maximum atomic E-state index is 14.5. The number of amides is 3. The number of carbonyl (C=O) groups excluding carboxylic acids is 3. The van der Waals surface area contributed by atoms with Gasteiger partial charge < -0.3 is 20.3 Å². The van der Waals surface area contributed by atoms with Crippen LogP contribution in [0.3, 0.4) is 0 Å². The van der Waals surface area contributed by atoms with Gasteiger partial charge in [0.2, 0.25) is 11.8 Å². The Morgan fingerprint density at radius 2 is 1.63 bits per heavy atom.